The molecule has 18 heavy (non-hydrogen) atoms. The van der Waals surface area contributed by atoms with E-state index in [-0.39, 0.29) is 9.49 Å². The molecule has 1 saturated heterocycles. The van der Waals surface area contributed by atoms with Crippen molar-refractivity contribution in [3.05, 3.63) is 0 Å². The van der Waals surface area contributed by atoms with Gasteiger partial charge in [0.2, 0.25) is 0 Å². The molecule has 3 heteroatoms. The molecule has 5 aliphatic rings. The summed E-state index contributed by atoms with van der Waals surface area (Å²) in [6.07, 6.45) is 8.60. The summed E-state index contributed by atoms with van der Waals surface area (Å²) >= 11 is 0. The van der Waals surface area contributed by atoms with Crippen LogP contribution in [0.15, 0.2) is 0 Å². The fourth-order valence-electron chi connectivity index (χ4n) is 6.04. The van der Waals surface area contributed by atoms with Gasteiger partial charge in [0.1, 0.15) is 13.9 Å². The molecule has 0 radical (unpaired) electrons. The van der Waals surface area contributed by atoms with Crippen molar-refractivity contribution in [1.82, 2.24) is 0 Å². The highest BCUT2D eigenvalue weighted by molar-refractivity contribution is 8.86. The molecule has 0 aromatic heterocycles. The Morgan fingerprint density at radius 1 is 1.00 bits per heavy atom. The number of rotatable bonds is 1. The van der Waals surface area contributed by atoms with Crippen molar-refractivity contribution in [2.45, 2.75) is 63.4 Å². The molecule has 0 aromatic rings. The molecule has 4 bridgehead atoms. The second-order valence-corrected chi connectivity index (χ2v) is 11.9. The summed E-state index contributed by atoms with van der Waals surface area (Å²) in [5.74, 6) is 2.90. The van der Waals surface area contributed by atoms with Crippen LogP contribution in [0.1, 0.15) is 59.3 Å². The van der Waals surface area contributed by atoms with E-state index in [1.165, 1.54) is 38.5 Å². The molecule has 5 fully saturated rings. The van der Waals surface area contributed by atoms with Gasteiger partial charge in [-0.3, -0.25) is 0 Å². The molecule has 2 atom stereocenters. The van der Waals surface area contributed by atoms with Crippen LogP contribution >= 0.6 is 10.8 Å². The Bertz CT molecular complexity index is 387. The van der Waals surface area contributed by atoms with Gasteiger partial charge in [-0.1, -0.05) is 20.8 Å². The van der Waals surface area contributed by atoms with Crippen molar-refractivity contribution < 1.29 is 4.21 Å². The predicted octanol–water partition coefficient (Wildman–Crippen LogP) is 4.36. The third-order valence-electron chi connectivity index (χ3n) is 6.13. The van der Waals surface area contributed by atoms with Gasteiger partial charge in [0, 0.05) is 0 Å². The molecule has 1 aliphatic heterocycles. The molecule has 0 amide bonds. The van der Waals surface area contributed by atoms with Crippen molar-refractivity contribution >= 4 is 20.6 Å². The summed E-state index contributed by atoms with van der Waals surface area (Å²) in [6, 6.07) is 0. The first-order valence-corrected chi connectivity index (χ1v) is 9.96. The largest absolute Gasteiger partial charge is 0.246 e. The first-order valence-electron chi connectivity index (χ1n) is 7.48. The van der Waals surface area contributed by atoms with Crippen LogP contribution in [0.2, 0.25) is 0 Å². The quantitative estimate of drug-likeness (QED) is 0.526. The van der Waals surface area contributed by atoms with E-state index in [1.54, 1.807) is 10.8 Å². The summed E-state index contributed by atoms with van der Waals surface area (Å²) in [6.45, 7) is 6.97. The second kappa shape index (κ2) is 3.39. The highest BCUT2D eigenvalue weighted by atomic mass is 33.2. The zero-order valence-electron chi connectivity index (χ0n) is 11.7. The van der Waals surface area contributed by atoms with Crippen LogP contribution in [0, 0.1) is 28.6 Å². The van der Waals surface area contributed by atoms with E-state index in [4.69, 9.17) is 0 Å². The smallest absolute Gasteiger partial charge is 0.124 e. The molecule has 1 nitrogen and oxygen atoms in total. The van der Waals surface area contributed by atoms with E-state index in [1.807, 2.05) is 0 Å². The van der Waals surface area contributed by atoms with Crippen molar-refractivity contribution in [1.29, 1.82) is 0 Å². The first-order chi connectivity index (χ1) is 8.36. The van der Waals surface area contributed by atoms with Gasteiger partial charge in [0.05, 0.1) is 0 Å². The zero-order valence-corrected chi connectivity index (χ0v) is 13.3. The van der Waals surface area contributed by atoms with Crippen LogP contribution in [0.4, 0.5) is 0 Å². The van der Waals surface area contributed by atoms with Gasteiger partial charge >= 0.3 is 0 Å². The first kappa shape index (κ1) is 12.3. The fourth-order valence-corrected chi connectivity index (χ4v) is 11.3. The summed E-state index contributed by atoms with van der Waals surface area (Å²) in [7, 11) is 1.18. The van der Waals surface area contributed by atoms with E-state index in [2.05, 4.69) is 20.8 Å². The van der Waals surface area contributed by atoms with Gasteiger partial charge in [-0.25, -0.2) is 4.21 Å². The third kappa shape index (κ3) is 1.33. The maximum atomic E-state index is 12.4. The van der Waals surface area contributed by atoms with E-state index in [9.17, 15) is 4.21 Å². The topological polar surface area (TPSA) is 17.1 Å². The lowest BCUT2D eigenvalue weighted by Crippen LogP contribution is -2.56. The van der Waals surface area contributed by atoms with E-state index < -0.39 is 9.83 Å². The maximum Gasteiger partial charge on any atom is 0.124 e. The molecule has 4 saturated carbocycles. The predicted molar refractivity (Wildman–Crippen MR) is 78.5 cm³/mol. The summed E-state index contributed by atoms with van der Waals surface area (Å²) in [4.78, 5) is 0. The van der Waals surface area contributed by atoms with Gasteiger partial charge in [0.25, 0.3) is 0 Å². The lowest BCUT2D eigenvalue weighted by Gasteiger charge is -2.60. The minimum Gasteiger partial charge on any atom is -0.246 e. The Balaban J connectivity index is 1.78. The van der Waals surface area contributed by atoms with E-state index in [0.29, 0.717) is 5.41 Å². The number of hydrogen-bond acceptors (Lipinski definition) is 2. The normalized spacial score (nSPS) is 57.9. The van der Waals surface area contributed by atoms with Gasteiger partial charge in [-0.05, 0) is 77.9 Å². The lowest BCUT2D eigenvalue weighted by molar-refractivity contribution is -0.0731. The van der Waals surface area contributed by atoms with Crippen molar-refractivity contribution in [2.24, 2.45) is 28.6 Å². The van der Waals surface area contributed by atoms with Crippen molar-refractivity contribution in [3.63, 3.8) is 0 Å². The highest BCUT2D eigenvalue weighted by Crippen LogP contribution is 2.78. The zero-order chi connectivity index (χ0) is 12.8. The average Bonchev–Trinajstić information content (AvgIpc) is 2.89. The Kier molecular flexibility index (Phi) is 2.31. The Labute approximate surface area is 117 Å². The molecule has 1 heterocycles. The molecule has 5 rings (SSSR count). The Hall–Kier alpha value is 0.500. The molecular formula is C15H24OS2. The Morgan fingerprint density at radius 2 is 1.39 bits per heavy atom. The molecule has 0 spiro atoms. The van der Waals surface area contributed by atoms with Crippen LogP contribution in [0.3, 0.4) is 0 Å². The molecule has 4 aliphatic carbocycles. The molecular weight excluding hydrogens is 260 g/mol. The van der Waals surface area contributed by atoms with Gasteiger partial charge < -0.3 is 0 Å². The third-order valence-corrected chi connectivity index (χ3v) is 10.9. The summed E-state index contributed by atoms with van der Waals surface area (Å²) in [5, 5.41) is 0. The van der Waals surface area contributed by atoms with Gasteiger partial charge in [0.15, 0.2) is 0 Å². The van der Waals surface area contributed by atoms with Crippen molar-refractivity contribution in [2.75, 3.05) is 0 Å². The average molecular weight is 284 g/mol. The van der Waals surface area contributed by atoms with E-state index >= 15 is 0 Å². The maximum absolute atomic E-state index is 12.4. The van der Waals surface area contributed by atoms with Crippen LogP contribution < -0.4 is 0 Å². The molecule has 0 aromatic carbocycles. The molecule has 102 valence electrons. The summed E-state index contributed by atoms with van der Waals surface area (Å²) in [5.41, 5.74) is 0.615. The molecule has 2 unspecified atom stereocenters. The summed E-state index contributed by atoms with van der Waals surface area (Å²) < 4.78 is 12.5. The Morgan fingerprint density at radius 3 is 1.67 bits per heavy atom. The lowest BCUT2D eigenvalue weighted by atomic mass is 9.47. The van der Waals surface area contributed by atoms with E-state index in [0.717, 1.165) is 17.8 Å². The van der Waals surface area contributed by atoms with Gasteiger partial charge in [-0.15, -0.1) is 0 Å². The minimum absolute atomic E-state index is 0.0933. The van der Waals surface area contributed by atoms with Gasteiger partial charge in [-0.2, -0.15) is 0 Å². The highest BCUT2D eigenvalue weighted by Gasteiger charge is 2.75. The van der Waals surface area contributed by atoms with Crippen molar-refractivity contribution in [3.8, 4) is 0 Å². The standard InChI is InChI=1S/C15H24OS2/c1-13(2,3)15(17-18(15)16)14-7-10-4-11(8-14)6-12(5-10)9-14/h10-12H,4-9H2,1-3H3. The minimum atomic E-state index is -0.623. The monoisotopic (exact) mass is 284 g/mol. The van der Waals surface area contributed by atoms with Crippen LogP contribution in [0.5, 0.6) is 0 Å². The molecule has 0 N–H and O–H groups in total. The van der Waals surface area contributed by atoms with Crippen LogP contribution in [0.25, 0.3) is 0 Å². The number of hydrogen-bond donors (Lipinski definition) is 0. The van der Waals surface area contributed by atoms with Crippen LogP contribution in [-0.4, -0.2) is 8.29 Å². The van der Waals surface area contributed by atoms with Crippen LogP contribution in [-0.2, 0) is 9.83 Å². The second-order valence-electron chi connectivity index (χ2n) is 8.38. The SMILES string of the molecule is CC(C)(C)C1(C23CC4CC(CC(C4)C2)C3)SS1=O. The fraction of sp³-hybridized carbons (Fsp3) is 1.00.